The summed E-state index contributed by atoms with van der Waals surface area (Å²) in [6.07, 6.45) is 1.73. The quantitative estimate of drug-likeness (QED) is 0.521. The van der Waals surface area contributed by atoms with Crippen LogP contribution in [0.3, 0.4) is 0 Å². The van der Waals surface area contributed by atoms with Gasteiger partial charge in [-0.15, -0.1) is 0 Å². The Labute approximate surface area is 172 Å². The van der Waals surface area contributed by atoms with Gasteiger partial charge in [-0.25, -0.2) is 14.3 Å². The predicted octanol–water partition coefficient (Wildman–Crippen LogP) is 3.79. The Morgan fingerprint density at radius 3 is 2.27 bits per heavy atom. The number of ether oxygens (including phenoxy) is 3. The summed E-state index contributed by atoms with van der Waals surface area (Å²) in [4.78, 5) is 16.0. The molecule has 0 radical (unpaired) electrons. The van der Waals surface area contributed by atoms with Crippen LogP contribution in [0.5, 0.6) is 17.2 Å². The number of hydrogen-bond acceptors (Lipinski definition) is 6. The SMILES string of the molecule is COc1ccc(-c2cnc3ccc(-c4ccc(OC)c(C(=O)O)c4)nn23)cc1OC. The fraction of sp³-hybridized carbons (Fsp3) is 0.136. The van der Waals surface area contributed by atoms with Crippen LogP contribution in [-0.4, -0.2) is 47.0 Å². The van der Waals surface area contributed by atoms with Crippen molar-refractivity contribution in [3.8, 4) is 39.8 Å². The lowest BCUT2D eigenvalue weighted by atomic mass is 10.1. The third kappa shape index (κ3) is 3.28. The second kappa shape index (κ2) is 7.75. The molecule has 0 aliphatic heterocycles. The van der Waals surface area contributed by atoms with E-state index in [2.05, 4.69) is 10.1 Å². The number of fused-ring (bicyclic) bond motifs is 1. The first-order chi connectivity index (χ1) is 14.5. The van der Waals surface area contributed by atoms with Crippen molar-refractivity contribution in [3.05, 3.63) is 60.3 Å². The summed E-state index contributed by atoms with van der Waals surface area (Å²) in [7, 11) is 4.60. The van der Waals surface area contributed by atoms with E-state index in [9.17, 15) is 9.90 Å². The summed E-state index contributed by atoms with van der Waals surface area (Å²) < 4.78 is 17.5. The first-order valence-electron chi connectivity index (χ1n) is 9.04. The van der Waals surface area contributed by atoms with Crippen molar-refractivity contribution in [3.63, 3.8) is 0 Å². The van der Waals surface area contributed by atoms with Crippen molar-refractivity contribution in [2.24, 2.45) is 0 Å². The molecule has 2 aromatic carbocycles. The van der Waals surface area contributed by atoms with E-state index in [-0.39, 0.29) is 5.56 Å². The van der Waals surface area contributed by atoms with E-state index in [4.69, 9.17) is 14.2 Å². The Balaban J connectivity index is 1.83. The molecule has 8 nitrogen and oxygen atoms in total. The standard InChI is InChI=1S/C22H19N3O5/c1-28-18-7-4-13(10-15(18)22(26)27)16-6-9-21-23-12-17(25(21)24-16)14-5-8-19(29-2)20(11-14)30-3/h4-12H,1-3H3,(H,26,27). The van der Waals surface area contributed by atoms with Crippen molar-refractivity contribution in [1.29, 1.82) is 0 Å². The molecule has 0 saturated heterocycles. The van der Waals surface area contributed by atoms with Crippen molar-refractivity contribution in [2.45, 2.75) is 0 Å². The Morgan fingerprint density at radius 2 is 1.57 bits per heavy atom. The van der Waals surface area contributed by atoms with Crippen LogP contribution in [0.25, 0.3) is 28.2 Å². The molecule has 0 atom stereocenters. The molecule has 1 N–H and O–H groups in total. The number of aromatic nitrogens is 3. The lowest BCUT2D eigenvalue weighted by Gasteiger charge is -2.10. The highest BCUT2D eigenvalue weighted by Gasteiger charge is 2.15. The van der Waals surface area contributed by atoms with Crippen LogP contribution in [0.1, 0.15) is 10.4 Å². The van der Waals surface area contributed by atoms with Gasteiger partial charge in [0.25, 0.3) is 0 Å². The van der Waals surface area contributed by atoms with Crippen LogP contribution in [0.4, 0.5) is 0 Å². The molecule has 0 fully saturated rings. The van der Waals surface area contributed by atoms with E-state index in [1.54, 1.807) is 49.2 Å². The van der Waals surface area contributed by atoms with Crippen LogP contribution in [0.15, 0.2) is 54.7 Å². The summed E-state index contributed by atoms with van der Waals surface area (Å²) in [6.45, 7) is 0. The van der Waals surface area contributed by atoms with Gasteiger partial charge in [-0.1, -0.05) is 0 Å². The zero-order valence-electron chi connectivity index (χ0n) is 16.6. The van der Waals surface area contributed by atoms with Gasteiger partial charge in [0.15, 0.2) is 17.1 Å². The number of methoxy groups -OCH3 is 3. The van der Waals surface area contributed by atoms with Gasteiger partial charge in [0.2, 0.25) is 0 Å². The number of hydrogen-bond donors (Lipinski definition) is 1. The Kier molecular flexibility index (Phi) is 4.97. The van der Waals surface area contributed by atoms with Crippen LogP contribution < -0.4 is 14.2 Å². The fourth-order valence-electron chi connectivity index (χ4n) is 3.25. The Morgan fingerprint density at radius 1 is 0.867 bits per heavy atom. The summed E-state index contributed by atoms with van der Waals surface area (Å²) in [5.41, 5.74) is 3.61. The van der Waals surface area contributed by atoms with E-state index in [0.717, 1.165) is 11.3 Å². The zero-order valence-corrected chi connectivity index (χ0v) is 16.6. The maximum absolute atomic E-state index is 11.5. The summed E-state index contributed by atoms with van der Waals surface area (Å²) in [6, 6.07) is 14.1. The maximum Gasteiger partial charge on any atom is 0.339 e. The average molecular weight is 405 g/mol. The molecule has 0 aliphatic rings. The van der Waals surface area contributed by atoms with Gasteiger partial charge in [0.1, 0.15) is 11.3 Å². The van der Waals surface area contributed by atoms with E-state index in [1.807, 2.05) is 24.3 Å². The number of benzene rings is 2. The number of aromatic carboxylic acids is 1. The number of rotatable bonds is 6. The highest BCUT2D eigenvalue weighted by molar-refractivity contribution is 5.92. The minimum absolute atomic E-state index is 0.0719. The molecule has 2 heterocycles. The van der Waals surface area contributed by atoms with Crippen molar-refractivity contribution in [1.82, 2.24) is 14.6 Å². The van der Waals surface area contributed by atoms with Crippen LogP contribution >= 0.6 is 0 Å². The molecular formula is C22H19N3O5. The summed E-state index contributed by atoms with van der Waals surface area (Å²) >= 11 is 0. The number of nitrogens with zero attached hydrogens (tertiary/aromatic N) is 3. The molecule has 0 unspecified atom stereocenters. The molecule has 152 valence electrons. The third-order valence-electron chi connectivity index (χ3n) is 4.77. The van der Waals surface area contributed by atoms with Gasteiger partial charge in [0.05, 0.1) is 38.9 Å². The van der Waals surface area contributed by atoms with Gasteiger partial charge in [-0.05, 0) is 48.5 Å². The van der Waals surface area contributed by atoms with Crippen LogP contribution in [0.2, 0.25) is 0 Å². The van der Waals surface area contributed by atoms with Crippen LogP contribution in [0, 0.1) is 0 Å². The minimum Gasteiger partial charge on any atom is -0.496 e. The van der Waals surface area contributed by atoms with E-state index in [0.29, 0.717) is 34.2 Å². The second-order valence-corrected chi connectivity index (χ2v) is 6.42. The van der Waals surface area contributed by atoms with E-state index >= 15 is 0 Å². The predicted molar refractivity (Wildman–Crippen MR) is 110 cm³/mol. The van der Waals surface area contributed by atoms with Crippen LogP contribution in [-0.2, 0) is 0 Å². The summed E-state index contributed by atoms with van der Waals surface area (Å²) in [5, 5.41) is 14.1. The first-order valence-corrected chi connectivity index (χ1v) is 9.04. The first kappa shape index (κ1) is 19.3. The van der Waals surface area contributed by atoms with Crippen molar-refractivity contribution in [2.75, 3.05) is 21.3 Å². The smallest absolute Gasteiger partial charge is 0.339 e. The van der Waals surface area contributed by atoms with E-state index in [1.165, 1.54) is 7.11 Å². The molecule has 8 heteroatoms. The van der Waals surface area contributed by atoms with Gasteiger partial charge < -0.3 is 19.3 Å². The van der Waals surface area contributed by atoms with Gasteiger partial charge in [-0.2, -0.15) is 5.10 Å². The van der Waals surface area contributed by atoms with Gasteiger partial charge >= 0.3 is 5.97 Å². The fourth-order valence-corrected chi connectivity index (χ4v) is 3.25. The molecule has 0 saturated carbocycles. The molecule has 0 aliphatic carbocycles. The van der Waals surface area contributed by atoms with Gasteiger partial charge in [-0.3, -0.25) is 0 Å². The molecule has 30 heavy (non-hydrogen) atoms. The number of carbonyl (C=O) groups is 1. The largest absolute Gasteiger partial charge is 0.496 e. The number of imidazole rings is 1. The molecule has 4 aromatic rings. The average Bonchev–Trinajstić information content (AvgIpc) is 3.21. The maximum atomic E-state index is 11.5. The molecule has 4 rings (SSSR count). The normalized spacial score (nSPS) is 10.8. The zero-order chi connectivity index (χ0) is 21.3. The number of carboxylic acids is 1. The monoisotopic (exact) mass is 405 g/mol. The van der Waals surface area contributed by atoms with Crippen molar-refractivity contribution >= 4 is 11.6 Å². The summed E-state index contributed by atoms with van der Waals surface area (Å²) in [5.74, 6) is 0.454. The Hall–Kier alpha value is -4.07. The number of carboxylic acid groups (broad SMARTS) is 1. The van der Waals surface area contributed by atoms with Crippen molar-refractivity contribution < 1.29 is 24.1 Å². The molecular weight excluding hydrogens is 386 g/mol. The highest BCUT2D eigenvalue weighted by Crippen LogP contribution is 2.33. The lowest BCUT2D eigenvalue weighted by Crippen LogP contribution is -2.02. The topological polar surface area (TPSA) is 95.2 Å². The molecule has 0 amide bonds. The lowest BCUT2D eigenvalue weighted by molar-refractivity contribution is 0.0693. The molecule has 2 aromatic heterocycles. The highest BCUT2D eigenvalue weighted by atomic mass is 16.5. The second-order valence-electron chi connectivity index (χ2n) is 6.42. The van der Waals surface area contributed by atoms with E-state index < -0.39 is 5.97 Å². The molecule has 0 spiro atoms. The minimum atomic E-state index is -1.07. The molecule has 0 bridgehead atoms. The third-order valence-corrected chi connectivity index (χ3v) is 4.77. The van der Waals surface area contributed by atoms with Gasteiger partial charge in [0, 0.05) is 11.1 Å². The Bertz CT molecular complexity index is 1250.